The lowest BCUT2D eigenvalue weighted by atomic mass is 10.2. The topological polar surface area (TPSA) is 106 Å². The van der Waals surface area contributed by atoms with Crippen LogP contribution in [0.25, 0.3) is 5.69 Å². The van der Waals surface area contributed by atoms with Crippen molar-refractivity contribution in [2.45, 2.75) is 39.3 Å². The Bertz CT molecular complexity index is 893. The summed E-state index contributed by atoms with van der Waals surface area (Å²) in [7, 11) is 0. The van der Waals surface area contributed by atoms with Crippen molar-refractivity contribution in [3.8, 4) is 11.4 Å². The molecule has 1 aromatic heterocycles. The van der Waals surface area contributed by atoms with E-state index >= 15 is 0 Å². The standard InChI is InChI=1S/C17H18N4O5/c1-9-16(18-10(2)23)26-17(24)21(9)12-3-4-13-14(5-12)25-8-15-19-11(7-22)6-20(13)15/h3-6,9,16,22H,7-8H2,1-2H3,(H,18,23)/t9?,16-/m0/s1. The number of imidazole rings is 1. The average Bonchev–Trinajstić information content (AvgIpc) is 3.15. The van der Waals surface area contributed by atoms with Crippen LogP contribution in [0.5, 0.6) is 5.75 Å². The van der Waals surface area contributed by atoms with Gasteiger partial charge in [-0.05, 0) is 19.1 Å². The molecular weight excluding hydrogens is 340 g/mol. The third-order valence-electron chi connectivity index (χ3n) is 4.44. The Kier molecular flexibility index (Phi) is 3.80. The molecule has 1 unspecified atom stereocenters. The number of carbonyl (C=O) groups is 2. The number of nitrogens with one attached hydrogen (secondary N) is 1. The minimum atomic E-state index is -0.704. The largest absolute Gasteiger partial charge is 0.483 e. The maximum Gasteiger partial charge on any atom is 0.416 e. The first kappa shape index (κ1) is 16.4. The number of benzene rings is 1. The zero-order valence-electron chi connectivity index (χ0n) is 14.3. The second kappa shape index (κ2) is 6.03. The normalized spacial score (nSPS) is 20.9. The molecule has 2 N–H and O–H groups in total. The van der Waals surface area contributed by atoms with Gasteiger partial charge in [-0.1, -0.05) is 0 Å². The molecule has 26 heavy (non-hydrogen) atoms. The van der Waals surface area contributed by atoms with E-state index in [1.54, 1.807) is 25.3 Å². The van der Waals surface area contributed by atoms with Crippen LogP contribution in [0.3, 0.4) is 0 Å². The van der Waals surface area contributed by atoms with E-state index in [0.717, 1.165) is 5.69 Å². The van der Waals surface area contributed by atoms with Gasteiger partial charge in [0.15, 0.2) is 12.1 Å². The minimum absolute atomic E-state index is 0.144. The molecule has 1 aromatic carbocycles. The Morgan fingerprint density at radius 1 is 1.46 bits per heavy atom. The van der Waals surface area contributed by atoms with Gasteiger partial charge in [-0.2, -0.15) is 0 Å². The summed E-state index contributed by atoms with van der Waals surface area (Å²) < 4.78 is 12.9. The Labute approximate surface area is 149 Å². The number of ether oxygens (including phenoxy) is 2. The summed E-state index contributed by atoms with van der Waals surface area (Å²) in [6, 6.07) is 4.99. The van der Waals surface area contributed by atoms with Crippen LogP contribution in [0.15, 0.2) is 24.4 Å². The van der Waals surface area contributed by atoms with Gasteiger partial charge >= 0.3 is 6.09 Å². The second-order valence-corrected chi connectivity index (χ2v) is 6.23. The maximum absolute atomic E-state index is 12.3. The van der Waals surface area contributed by atoms with E-state index in [1.807, 2.05) is 10.6 Å². The molecule has 2 aromatic rings. The summed E-state index contributed by atoms with van der Waals surface area (Å²) in [5, 5.41) is 11.9. The molecular formula is C17H18N4O5. The van der Waals surface area contributed by atoms with Gasteiger partial charge in [0.1, 0.15) is 12.4 Å². The number of cyclic esters (lactones) is 1. The summed E-state index contributed by atoms with van der Waals surface area (Å²) in [5.41, 5.74) is 1.95. The monoisotopic (exact) mass is 358 g/mol. The number of hydrogen-bond acceptors (Lipinski definition) is 6. The Hall–Kier alpha value is -3.07. The summed E-state index contributed by atoms with van der Waals surface area (Å²) >= 11 is 0. The number of rotatable bonds is 3. The summed E-state index contributed by atoms with van der Waals surface area (Å²) in [6.45, 7) is 3.30. The third kappa shape index (κ3) is 2.57. The molecule has 9 nitrogen and oxygen atoms in total. The third-order valence-corrected chi connectivity index (χ3v) is 4.44. The van der Waals surface area contributed by atoms with E-state index in [2.05, 4.69) is 10.3 Å². The number of anilines is 1. The van der Waals surface area contributed by atoms with Crippen molar-refractivity contribution in [3.63, 3.8) is 0 Å². The average molecular weight is 358 g/mol. The summed E-state index contributed by atoms with van der Waals surface area (Å²) in [5.74, 6) is 1.03. The fourth-order valence-electron chi connectivity index (χ4n) is 3.22. The highest BCUT2D eigenvalue weighted by Gasteiger charge is 2.40. The van der Waals surface area contributed by atoms with Gasteiger partial charge in [-0.3, -0.25) is 14.3 Å². The Morgan fingerprint density at radius 3 is 3.00 bits per heavy atom. The second-order valence-electron chi connectivity index (χ2n) is 6.23. The van der Waals surface area contributed by atoms with Crippen LogP contribution >= 0.6 is 0 Å². The first-order chi connectivity index (χ1) is 12.5. The quantitative estimate of drug-likeness (QED) is 0.850. The Balaban J connectivity index is 1.66. The molecule has 4 rings (SSSR count). The van der Waals surface area contributed by atoms with E-state index < -0.39 is 12.3 Å². The molecule has 0 radical (unpaired) electrons. The van der Waals surface area contributed by atoms with Crippen LogP contribution in [0, 0.1) is 0 Å². The lowest BCUT2D eigenvalue weighted by Gasteiger charge is -2.24. The molecule has 2 aliphatic rings. The first-order valence-corrected chi connectivity index (χ1v) is 8.20. The molecule has 1 fully saturated rings. The van der Waals surface area contributed by atoms with Crippen LogP contribution in [-0.2, 0) is 22.7 Å². The van der Waals surface area contributed by atoms with Crippen molar-refractivity contribution in [1.29, 1.82) is 0 Å². The Morgan fingerprint density at radius 2 is 2.27 bits per heavy atom. The lowest BCUT2D eigenvalue weighted by Crippen LogP contribution is -2.43. The van der Waals surface area contributed by atoms with Gasteiger partial charge in [-0.25, -0.2) is 9.78 Å². The van der Waals surface area contributed by atoms with Crippen molar-refractivity contribution in [2.75, 3.05) is 4.90 Å². The van der Waals surface area contributed by atoms with Crippen molar-refractivity contribution in [2.24, 2.45) is 0 Å². The van der Waals surface area contributed by atoms with E-state index in [9.17, 15) is 14.7 Å². The predicted molar refractivity (Wildman–Crippen MR) is 89.8 cm³/mol. The smallest absolute Gasteiger partial charge is 0.416 e. The first-order valence-electron chi connectivity index (χ1n) is 8.20. The molecule has 2 atom stereocenters. The van der Waals surface area contributed by atoms with E-state index in [-0.39, 0.29) is 25.2 Å². The van der Waals surface area contributed by atoms with Crippen LogP contribution < -0.4 is 15.0 Å². The van der Waals surface area contributed by atoms with Crippen molar-refractivity contribution in [1.82, 2.24) is 14.9 Å². The molecule has 0 saturated carbocycles. The summed E-state index contributed by atoms with van der Waals surface area (Å²) in [6.07, 6.45) is 0.526. The zero-order chi connectivity index (χ0) is 18.4. The number of amides is 2. The van der Waals surface area contributed by atoms with Gasteiger partial charge < -0.3 is 19.9 Å². The minimum Gasteiger partial charge on any atom is -0.483 e. The van der Waals surface area contributed by atoms with Crippen molar-refractivity contribution >= 4 is 17.7 Å². The number of carbonyl (C=O) groups excluding carboxylic acids is 2. The SMILES string of the molecule is CC(=O)N[C@H]1OC(=O)N(c2ccc3c(c2)OCc2nc(CO)cn2-3)C1C. The molecule has 3 heterocycles. The van der Waals surface area contributed by atoms with E-state index in [0.29, 0.717) is 23.0 Å². The molecule has 0 bridgehead atoms. The molecule has 0 spiro atoms. The van der Waals surface area contributed by atoms with Crippen molar-refractivity contribution < 1.29 is 24.2 Å². The highest BCUT2D eigenvalue weighted by atomic mass is 16.6. The molecule has 0 aliphatic carbocycles. The van der Waals surface area contributed by atoms with Gasteiger partial charge in [0.2, 0.25) is 5.91 Å². The van der Waals surface area contributed by atoms with E-state index in [1.165, 1.54) is 11.8 Å². The van der Waals surface area contributed by atoms with Gasteiger partial charge in [0.25, 0.3) is 0 Å². The van der Waals surface area contributed by atoms with Crippen LogP contribution in [0.1, 0.15) is 25.4 Å². The molecule has 9 heteroatoms. The highest BCUT2D eigenvalue weighted by Crippen LogP contribution is 2.36. The van der Waals surface area contributed by atoms with Crippen molar-refractivity contribution in [3.05, 3.63) is 35.9 Å². The number of aliphatic hydroxyl groups is 1. The van der Waals surface area contributed by atoms with Gasteiger partial charge in [-0.15, -0.1) is 0 Å². The lowest BCUT2D eigenvalue weighted by molar-refractivity contribution is -0.121. The number of aliphatic hydroxyl groups excluding tert-OH is 1. The number of aromatic nitrogens is 2. The summed E-state index contributed by atoms with van der Waals surface area (Å²) in [4.78, 5) is 29.3. The number of hydrogen-bond donors (Lipinski definition) is 2. The molecule has 1 saturated heterocycles. The zero-order valence-corrected chi connectivity index (χ0v) is 14.3. The fraction of sp³-hybridized carbons (Fsp3) is 0.353. The molecule has 2 aliphatic heterocycles. The maximum atomic E-state index is 12.3. The number of nitrogens with zero attached hydrogens (tertiary/aromatic N) is 3. The predicted octanol–water partition coefficient (Wildman–Crippen LogP) is 1.06. The molecule has 2 amide bonds. The number of fused-ring (bicyclic) bond motifs is 3. The van der Waals surface area contributed by atoms with Crippen LogP contribution in [-0.4, -0.2) is 38.9 Å². The van der Waals surface area contributed by atoms with Gasteiger partial charge in [0, 0.05) is 19.2 Å². The van der Waals surface area contributed by atoms with Gasteiger partial charge in [0.05, 0.1) is 29.7 Å². The fourth-order valence-corrected chi connectivity index (χ4v) is 3.22. The van der Waals surface area contributed by atoms with E-state index in [4.69, 9.17) is 9.47 Å². The molecule has 136 valence electrons. The van der Waals surface area contributed by atoms with Crippen LogP contribution in [0.2, 0.25) is 0 Å². The highest BCUT2D eigenvalue weighted by molar-refractivity contribution is 5.91. The van der Waals surface area contributed by atoms with Crippen LogP contribution in [0.4, 0.5) is 10.5 Å².